The van der Waals surface area contributed by atoms with Gasteiger partial charge in [0.05, 0.1) is 11.6 Å². The second-order valence-corrected chi connectivity index (χ2v) is 5.02. The number of rotatable bonds is 3. The Morgan fingerprint density at radius 2 is 1.90 bits per heavy atom. The molecule has 2 aromatic carbocycles. The number of phenols is 2. The maximum Gasteiger partial charge on any atom is 0.121 e. The molecule has 1 heterocycles. The number of nitrogens with zero attached hydrogens (tertiary/aromatic N) is 1. The van der Waals surface area contributed by atoms with Gasteiger partial charge < -0.3 is 15.5 Å². The summed E-state index contributed by atoms with van der Waals surface area (Å²) < 4.78 is 0. The van der Waals surface area contributed by atoms with Gasteiger partial charge in [-0.05, 0) is 49.4 Å². The number of aromatic nitrogens is 1. The number of fused-ring (bicyclic) bond motifs is 1. The van der Waals surface area contributed by atoms with Crippen LogP contribution in [-0.4, -0.2) is 15.2 Å². The number of aromatic hydroxyl groups is 2. The quantitative estimate of drug-likeness (QED) is 0.638. The van der Waals surface area contributed by atoms with Gasteiger partial charge in [0.15, 0.2) is 0 Å². The molecule has 3 N–H and O–H groups in total. The molecule has 0 spiro atoms. The Hall–Kier alpha value is -2.75. The summed E-state index contributed by atoms with van der Waals surface area (Å²) in [5, 5.41) is 23.8. The molecule has 3 aromatic rings. The minimum atomic E-state index is -0.133. The molecule has 4 heteroatoms. The average molecular weight is 280 g/mol. The van der Waals surface area contributed by atoms with E-state index in [9.17, 15) is 10.2 Å². The largest absolute Gasteiger partial charge is 0.508 e. The average Bonchev–Trinajstić information content (AvgIpc) is 2.49. The predicted octanol–water partition coefficient (Wildman–Crippen LogP) is 3.82. The molecular weight excluding hydrogens is 264 g/mol. The lowest BCUT2D eigenvalue weighted by Gasteiger charge is -2.17. The molecule has 4 nitrogen and oxygen atoms in total. The van der Waals surface area contributed by atoms with Crippen LogP contribution < -0.4 is 5.32 Å². The molecule has 106 valence electrons. The molecule has 0 saturated carbocycles. The first-order valence-corrected chi connectivity index (χ1v) is 6.77. The number of phenolic OH excluding ortho intramolecular Hbond substituents is 2. The molecule has 0 radical (unpaired) electrons. The summed E-state index contributed by atoms with van der Waals surface area (Å²) >= 11 is 0. The van der Waals surface area contributed by atoms with Crippen LogP contribution in [0, 0.1) is 0 Å². The summed E-state index contributed by atoms with van der Waals surface area (Å²) in [6.45, 7) is 1.93. The molecule has 1 atom stereocenters. The van der Waals surface area contributed by atoms with E-state index in [1.54, 1.807) is 12.3 Å². The summed E-state index contributed by atoms with van der Waals surface area (Å²) in [7, 11) is 0. The number of hydrogen-bond acceptors (Lipinski definition) is 4. The second-order valence-electron chi connectivity index (χ2n) is 5.02. The number of nitrogens with one attached hydrogen (secondary N) is 1. The van der Waals surface area contributed by atoms with Gasteiger partial charge in [0, 0.05) is 22.8 Å². The third kappa shape index (κ3) is 2.74. The van der Waals surface area contributed by atoms with Crippen LogP contribution in [0.25, 0.3) is 10.9 Å². The summed E-state index contributed by atoms with van der Waals surface area (Å²) in [6, 6.07) is 14.2. The van der Waals surface area contributed by atoms with Crippen LogP contribution in [-0.2, 0) is 0 Å². The molecule has 0 saturated heterocycles. The van der Waals surface area contributed by atoms with E-state index in [1.165, 1.54) is 12.1 Å². The molecule has 0 aliphatic heterocycles. The molecular formula is C17H16N2O2. The second kappa shape index (κ2) is 5.32. The normalized spacial score (nSPS) is 12.2. The Balaban J connectivity index is 1.88. The van der Waals surface area contributed by atoms with E-state index < -0.39 is 0 Å². The maximum absolute atomic E-state index is 9.89. The monoisotopic (exact) mass is 280 g/mol. The van der Waals surface area contributed by atoms with Crippen molar-refractivity contribution in [1.29, 1.82) is 0 Å². The van der Waals surface area contributed by atoms with Crippen molar-refractivity contribution in [3.63, 3.8) is 0 Å². The molecule has 1 aromatic heterocycles. The summed E-state index contributed by atoms with van der Waals surface area (Å²) in [4.78, 5) is 4.28. The minimum absolute atomic E-state index is 0.133. The van der Waals surface area contributed by atoms with Crippen molar-refractivity contribution < 1.29 is 10.2 Å². The zero-order chi connectivity index (χ0) is 14.8. The van der Waals surface area contributed by atoms with Crippen LogP contribution >= 0.6 is 0 Å². The fourth-order valence-electron chi connectivity index (χ4n) is 2.38. The van der Waals surface area contributed by atoms with E-state index in [0.29, 0.717) is 5.56 Å². The first kappa shape index (κ1) is 13.2. The van der Waals surface area contributed by atoms with E-state index in [1.807, 2.05) is 37.3 Å². The Bertz CT molecular complexity index is 787. The lowest BCUT2D eigenvalue weighted by atomic mass is 10.1. The van der Waals surface area contributed by atoms with Gasteiger partial charge in [-0.3, -0.25) is 4.98 Å². The van der Waals surface area contributed by atoms with Crippen molar-refractivity contribution in [2.75, 3.05) is 5.32 Å². The number of anilines is 1. The van der Waals surface area contributed by atoms with Gasteiger partial charge >= 0.3 is 0 Å². The molecule has 3 rings (SSSR count). The Labute approximate surface area is 122 Å². The number of benzene rings is 2. The Kier molecular flexibility index (Phi) is 3.36. The Morgan fingerprint density at radius 1 is 1.05 bits per heavy atom. The van der Waals surface area contributed by atoms with Gasteiger partial charge in [-0.2, -0.15) is 0 Å². The smallest absolute Gasteiger partial charge is 0.121 e. The summed E-state index contributed by atoms with van der Waals surface area (Å²) in [6.07, 6.45) is 1.77. The van der Waals surface area contributed by atoms with Gasteiger partial charge in [-0.15, -0.1) is 0 Å². The van der Waals surface area contributed by atoms with Crippen LogP contribution in [0.3, 0.4) is 0 Å². The van der Waals surface area contributed by atoms with Gasteiger partial charge in [0.2, 0.25) is 0 Å². The first-order valence-electron chi connectivity index (χ1n) is 6.77. The molecule has 1 unspecified atom stereocenters. The van der Waals surface area contributed by atoms with Crippen LogP contribution in [0.1, 0.15) is 18.5 Å². The zero-order valence-electron chi connectivity index (χ0n) is 11.6. The zero-order valence-corrected chi connectivity index (χ0v) is 11.6. The predicted molar refractivity (Wildman–Crippen MR) is 83.6 cm³/mol. The third-order valence-corrected chi connectivity index (χ3v) is 3.46. The first-order chi connectivity index (χ1) is 10.1. The van der Waals surface area contributed by atoms with E-state index in [-0.39, 0.29) is 17.5 Å². The Morgan fingerprint density at radius 3 is 2.76 bits per heavy atom. The van der Waals surface area contributed by atoms with Crippen molar-refractivity contribution in [3.8, 4) is 11.5 Å². The topological polar surface area (TPSA) is 65.4 Å². The van der Waals surface area contributed by atoms with Crippen molar-refractivity contribution in [3.05, 3.63) is 60.3 Å². The molecule has 0 aliphatic rings. The van der Waals surface area contributed by atoms with Crippen molar-refractivity contribution in [2.45, 2.75) is 13.0 Å². The highest BCUT2D eigenvalue weighted by Crippen LogP contribution is 2.30. The van der Waals surface area contributed by atoms with Gasteiger partial charge in [-0.25, -0.2) is 0 Å². The molecule has 21 heavy (non-hydrogen) atoms. The van der Waals surface area contributed by atoms with Gasteiger partial charge in [0.25, 0.3) is 0 Å². The van der Waals surface area contributed by atoms with Crippen molar-refractivity contribution in [2.24, 2.45) is 0 Å². The van der Waals surface area contributed by atoms with E-state index in [4.69, 9.17) is 0 Å². The fourth-order valence-corrected chi connectivity index (χ4v) is 2.38. The number of pyridine rings is 1. The van der Waals surface area contributed by atoms with E-state index in [2.05, 4.69) is 10.3 Å². The fraction of sp³-hybridized carbons (Fsp3) is 0.118. The maximum atomic E-state index is 9.89. The van der Waals surface area contributed by atoms with E-state index in [0.717, 1.165) is 16.6 Å². The SMILES string of the molecule is CC(Nc1ccc2ncccc2c1)c1cc(O)ccc1O. The van der Waals surface area contributed by atoms with Crippen LogP contribution in [0.2, 0.25) is 0 Å². The lowest BCUT2D eigenvalue weighted by molar-refractivity contribution is 0.451. The minimum Gasteiger partial charge on any atom is -0.508 e. The lowest BCUT2D eigenvalue weighted by Crippen LogP contribution is -2.06. The molecule has 0 aliphatic carbocycles. The van der Waals surface area contributed by atoms with Crippen LogP contribution in [0.15, 0.2) is 54.7 Å². The molecule has 0 amide bonds. The van der Waals surface area contributed by atoms with E-state index >= 15 is 0 Å². The highest BCUT2D eigenvalue weighted by atomic mass is 16.3. The standard InChI is InChI=1S/C17H16N2O2/c1-11(15-10-14(20)5-7-17(15)21)19-13-4-6-16-12(9-13)3-2-8-18-16/h2-11,19-21H,1H3. The van der Waals surface area contributed by atoms with Crippen molar-refractivity contribution in [1.82, 2.24) is 4.98 Å². The molecule has 0 bridgehead atoms. The third-order valence-electron chi connectivity index (χ3n) is 3.46. The highest BCUT2D eigenvalue weighted by molar-refractivity contribution is 5.82. The summed E-state index contributed by atoms with van der Waals surface area (Å²) in [5.74, 6) is 0.300. The highest BCUT2D eigenvalue weighted by Gasteiger charge is 2.11. The number of hydrogen-bond donors (Lipinski definition) is 3. The van der Waals surface area contributed by atoms with Gasteiger partial charge in [0.1, 0.15) is 11.5 Å². The van der Waals surface area contributed by atoms with Crippen LogP contribution in [0.5, 0.6) is 11.5 Å². The van der Waals surface area contributed by atoms with Gasteiger partial charge in [-0.1, -0.05) is 6.07 Å². The van der Waals surface area contributed by atoms with Crippen molar-refractivity contribution >= 4 is 16.6 Å². The molecule has 0 fully saturated rings. The van der Waals surface area contributed by atoms with Crippen LogP contribution in [0.4, 0.5) is 5.69 Å². The summed E-state index contributed by atoms with van der Waals surface area (Å²) in [5.41, 5.74) is 2.53.